The fourth-order valence-electron chi connectivity index (χ4n) is 2.19. The molecule has 0 saturated heterocycles. The molecule has 3 rings (SSSR count). The summed E-state index contributed by atoms with van der Waals surface area (Å²) in [4.78, 5) is 27.0. The van der Waals surface area contributed by atoms with Crippen LogP contribution in [-0.4, -0.2) is 28.2 Å². The molecule has 0 radical (unpaired) electrons. The molecule has 26 heavy (non-hydrogen) atoms. The summed E-state index contributed by atoms with van der Waals surface area (Å²) < 4.78 is 5.57. The van der Waals surface area contributed by atoms with E-state index in [0.29, 0.717) is 27.7 Å². The molecule has 0 bridgehead atoms. The maximum absolute atomic E-state index is 11.8. The summed E-state index contributed by atoms with van der Waals surface area (Å²) in [5, 5.41) is 13.5. The highest BCUT2D eigenvalue weighted by atomic mass is 35.5. The highest BCUT2D eigenvalue weighted by molar-refractivity contribution is 6.31. The summed E-state index contributed by atoms with van der Waals surface area (Å²) in [6.45, 7) is 0. The highest BCUT2D eigenvalue weighted by Gasteiger charge is 2.15. The molecule has 2 heterocycles. The quantitative estimate of drug-likeness (QED) is 0.529. The molecule has 0 aliphatic carbocycles. The molecule has 0 aliphatic rings. The van der Waals surface area contributed by atoms with Crippen LogP contribution < -0.4 is 5.43 Å². The Hall–Kier alpha value is -3.45. The summed E-state index contributed by atoms with van der Waals surface area (Å²) in [7, 11) is 0. The molecule has 0 unspecified atom stereocenters. The Morgan fingerprint density at radius 2 is 2.08 bits per heavy atom. The van der Waals surface area contributed by atoms with Gasteiger partial charge in [0.05, 0.1) is 17.3 Å². The van der Waals surface area contributed by atoms with Crippen molar-refractivity contribution in [2.45, 2.75) is 0 Å². The van der Waals surface area contributed by atoms with Gasteiger partial charge >= 0.3 is 5.97 Å². The molecule has 0 atom stereocenters. The largest absolute Gasteiger partial charge is 0.478 e. The molecule has 1 aromatic carbocycles. The summed E-state index contributed by atoms with van der Waals surface area (Å²) in [5.41, 5.74) is 3.14. The van der Waals surface area contributed by atoms with Crippen molar-refractivity contribution in [1.29, 1.82) is 0 Å². The number of aromatic nitrogens is 1. The Kier molecular flexibility index (Phi) is 5.09. The molecule has 0 saturated carbocycles. The summed E-state index contributed by atoms with van der Waals surface area (Å²) in [5.74, 6) is -0.844. The van der Waals surface area contributed by atoms with E-state index in [4.69, 9.17) is 16.0 Å². The molecule has 0 aliphatic heterocycles. The molecule has 3 aromatic rings. The van der Waals surface area contributed by atoms with Gasteiger partial charge in [-0.15, -0.1) is 0 Å². The molecular formula is C18H12ClN3O4. The second kappa shape index (κ2) is 7.62. The van der Waals surface area contributed by atoms with E-state index >= 15 is 0 Å². The van der Waals surface area contributed by atoms with Crippen molar-refractivity contribution in [2.24, 2.45) is 5.10 Å². The first-order valence-electron chi connectivity index (χ1n) is 7.41. The Bertz CT molecular complexity index is 983. The number of halogens is 1. The SMILES string of the molecule is O=C(NN=Cc1ccc(-c2cc(Cl)ccc2C(=O)O)o1)c1cccnc1. The first-order valence-corrected chi connectivity index (χ1v) is 7.79. The molecule has 7 nitrogen and oxygen atoms in total. The van der Waals surface area contributed by atoms with Crippen LogP contribution in [0.3, 0.4) is 0 Å². The van der Waals surface area contributed by atoms with E-state index in [1.165, 1.54) is 30.6 Å². The van der Waals surface area contributed by atoms with Gasteiger partial charge in [-0.2, -0.15) is 5.10 Å². The number of amides is 1. The van der Waals surface area contributed by atoms with Crippen molar-refractivity contribution in [3.8, 4) is 11.3 Å². The minimum Gasteiger partial charge on any atom is -0.478 e. The average Bonchev–Trinajstić information content (AvgIpc) is 3.11. The van der Waals surface area contributed by atoms with Crippen molar-refractivity contribution in [1.82, 2.24) is 10.4 Å². The van der Waals surface area contributed by atoms with Crippen LogP contribution in [0, 0.1) is 0 Å². The third kappa shape index (κ3) is 3.96. The molecule has 2 N–H and O–H groups in total. The third-order valence-corrected chi connectivity index (χ3v) is 3.62. The van der Waals surface area contributed by atoms with Gasteiger partial charge in [0.2, 0.25) is 0 Å². The Labute approximate surface area is 152 Å². The van der Waals surface area contributed by atoms with Gasteiger partial charge in [0, 0.05) is 23.0 Å². The molecule has 0 spiro atoms. The number of carbonyl (C=O) groups excluding carboxylic acids is 1. The second-order valence-electron chi connectivity index (χ2n) is 5.14. The number of furan rings is 1. The molecule has 8 heteroatoms. The first-order chi connectivity index (χ1) is 12.5. The number of carboxylic acids is 1. The predicted octanol–water partition coefficient (Wildman–Crippen LogP) is 3.46. The molecule has 130 valence electrons. The van der Waals surface area contributed by atoms with Crippen LogP contribution in [0.15, 0.2) is 64.4 Å². The fourth-order valence-corrected chi connectivity index (χ4v) is 2.36. The van der Waals surface area contributed by atoms with E-state index < -0.39 is 11.9 Å². The lowest BCUT2D eigenvalue weighted by Gasteiger charge is -2.03. The minimum absolute atomic E-state index is 0.0668. The maximum Gasteiger partial charge on any atom is 0.336 e. The lowest BCUT2D eigenvalue weighted by molar-refractivity contribution is 0.0697. The normalized spacial score (nSPS) is 10.8. The van der Waals surface area contributed by atoms with Crippen LogP contribution in [0.4, 0.5) is 0 Å². The Balaban J connectivity index is 1.76. The van der Waals surface area contributed by atoms with Gasteiger partial charge in [0.15, 0.2) is 0 Å². The van der Waals surface area contributed by atoms with Gasteiger partial charge in [-0.25, -0.2) is 10.2 Å². The van der Waals surface area contributed by atoms with Crippen LogP contribution in [-0.2, 0) is 0 Å². The van der Waals surface area contributed by atoms with Crippen LogP contribution in [0.5, 0.6) is 0 Å². The van der Waals surface area contributed by atoms with Gasteiger partial charge in [-0.3, -0.25) is 9.78 Å². The molecule has 1 amide bonds. The third-order valence-electron chi connectivity index (χ3n) is 3.39. The van der Waals surface area contributed by atoms with E-state index in [2.05, 4.69) is 15.5 Å². The highest BCUT2D eigenvalue weighted by Crippen LogP contribution is 2.28. The Morgan fingerprint density at radius 3 is 2.81 bits per heavy atom. The van der Waals surface area contributed by atoms with Crippen LogP contribution >= 0.6 is 11.6 Å². The van der Waals surface area contributed by atoms with Crippen molar-refractivity contribution < 1.29 is 19.1 Å². The zero-order valence-corrected chi connectivity index (χ0v) is 14.0. The number of carboxylic acid groups (broad SMARTS) is 1. The van der Waals surface area contributed by atoms with Crippen LogP contribution in [0.1, 0.15) is 26.5 Å². The summed E-state index contributed by atoms with van der Waals surface area (Å²) >= 11 is 5.94. The number of benzene rings is 1. The minimum atomic E-state index is -1.09. The van der Waals surface area contributed by atoms with Crippen molar-refractivity contribution in [3.05, 3.63) is 76.8 Å². The zero-order chi connectivity index (χ0) is 18.5. The van der Waals surface area contributed by atoms with Gasteiger partial charge in [0.1, 0.15) is 11.5 Å². The summed E-state index contributed by atoms with van der Waals surface area (Å²) in [6, 6.07) is 10.9. The van der Waals surface area contributed by atoms with Gasteiger partial charge in [-0.1, -0.05) is 11.6 Å². The number of carbonyl (C=O) groups is 2. The number of hydrogen-bond donors (Lipinski definition) is 2. The smallest absolute Gasteiger partial charge is 0.336 e. The number of rotatable bonds is 5. The number of hydrogen-bond acceptors (Lipinski definition) is 5. The van der Waals surface area contributed by atoms with E-state index in [-0.39, 0.29) is 5.56 Å². The van der Waals surface area contributed by atoms with Gasteiger partial charge in [-0.05, 0) is 42.5 Å². The second-order valence-corrected chi connectivity index (χ2v) is 5.57. The number of nitrogens with zero attached hydrogens (tertiary/aromatic N) is 2. The molecular weight excluding hydrogens is 358 g/mol. The van der Waals surface area contributed by atoms with Crippen LogP contribution in [0.2, 0.25) is 5.02 Å². The molecule has 0 fully saturated rings. The van der Waals surface area contributed by atoms with Gasteiger partial charge < -0.3 is 9.52 Å². The van der Waals surface area contributed by atoms with Crippen molar-refractivity contribution in [2.75, 3.05) is 0 Å². The van der Waals surface area contributed by atoms with E-state index in [1.807, 2.05) is 0 Å². The van der Waals surface area contributed by atoms with E-state index in [1.54, 1.807) is 30.5 Å². The maximum atomic E-state index is 11.8. The average molecular weight is 370 g/mol. The Morgan fingerprint density at radius 1 is 1.23 bits per heavy atom. The standard InChI is InChI=1S/C18H12ClN3O4/c19-12-3-5-14(18(24)25)15(8-12)16-6-4-13(26-16)10-21-22-17(23)11-2-1-7-20-9-11/h1-10H,(H,22,23)(H,24,25). The van der Waals surface area contributed by atoms with E-state index in [0.717, 1.165) is 0 Å². The first kappa shape index (κ1) is 17.4. The fraction of sp³-hybridized carbons (Fsp3) is 0. The summed E-state index contributed by atoms with van der Waals surface area (Å²) in [6.07, 6.45) is 4.29. The van der Waals surface area contributed by atoms with Crippen molar-refractivity contribution in [3.63, 3.8) is 0 Å². The number of aromatic carboxylic acids is 1. The lowest BCUT2D eigenvalue weighted by Crippen LogP contribution is -2.17. The van der Waals surface area contributed by atoms with Crippen LogP contribution in [0.25, 0.3) is 11.3 Å². The molecule has 2 aromatic heterocycles. The lowest BCUT2D eigenvalue weighted by atomic mass is 10.1. The van der Waals surface area contributed by atoms with Gasteiger partial charge in [0.25, 0.3) is 5.91 Å². The predicted molar refractivity (Wildman–Crippen MR) is 95.4 cm³/mol. The number of hydrazone groups is 1. The van der Waals surface area contributed by atoms with Crippen molar-refractivity contribution >= 4 is 29.7 Å². The number of nitrogens with one attached hydrogen (secondary N) is 1. The van der Waals surface area contributed by atoms with E-state index in [9.17, 15) is 14.7 Å². The topological polar surface area (TPSA) is 105 Å². The number of pyridine rings is 1. The zero-order valence-electron chi connectivity index (χ0n) is 13.2. The monoisotopic (exact) mass is 369 g/mol.